The molecule has 1 aromatic carbocycles. The second kappa shape index (κ2) is 6.26. The van der Waals surface area contributed by atoms with Gasteiger partial charge >= 0.3 is 0 Å². The Bertz CT molecular complexity index is 547. The number of carbonyl (C=O) groups excluding carboxylic acids is 1. The normalized spacial score (nSPS) is 10.8. The smallest absolute Gasteiger partial charge is 0.259 e. The van der Waals surface area contributed by atoms with Crippen LogP contribution in [0, 0.1) is 14.9 Å². The number of amides is 1. The molecule has 6 heteroatoms. The number of halogens is 1. The van der Waals surface area contributed by atoms with Gasteiger partial charge in [0.2, 0.25) is 0 Å². The molecule has 3 N–H and O–H groups in total. The molecule has 0 aliphatic heterocycles. The van der Waals surface area contributed by atoms with Crippen LogP contribution in [-0.2, 0) is 4.79 Å². The van der Waals surface area contributed by atoms with Gasteiger partial charge in [-0.05, 0) is 53.3 Å². The number of aromatic hydroxyl groups is 1. The quantitative estimate of drug-likeness (QED) is 0.487. The Balaban J connectivity index is 3.27. The number of benzene rings is 1. The first-order valence-electron chi connectivity index (χ1n) is 5.06. The third kappa shape index (κ3) is 3.37. The molecule has 0 aliphatic rings. The molecule has 0 fully saturated rings. The molecule has 94 valence electrons. The van der Waals surface area contributed by atoms with Crippen LogP contribution in [-0.4, -0.2) is 17.6 Å². The minimum absolute atomic E-state index is 0.0344. The second-order valence-electron chi connectivity index (χ2n) is 3.32. The molecule has 0 radical (unpaired) electrons. The molecule has 0 aromatic heterocycles. The lowest BCUT2D eigenvalue weighted by Crippen LogP contribution is -2.12. The molecule has 1 rings (SSSR count). The van der Waals surface area contributed by atoms with E-state index < -0.39 is 5.91 Å². The van der Waals surface area contributed by atoms with E-state index >= 15 is 0 Å². The predicted octanol–water partition coefficient (Wildman–Crippen LogP) is 1.79. The van der Waals surface area contributed by atoms with E-state index in [9.17, 15) is 9.90 Å². The van der Waals surface area contributed by atoms with Crippen LogP contribution >= 0.6 is 22.6 Å². The number of hydrogen-bond acceptors (Lipinski definition) is 4. The Hall–Kier alpha value is -1.75. The molecule has 0 unspecified atom stereocenters. The van der Waals surface area contributed by atoms with Crippen molar-refractivity contribution < 1.29 is 14.6 Å². The first kappa shape index (κ1) is 14.3. The third-order valence-corrected chi connectivity index (χ3v) is 2.87. The van der Waals surface area contributed by atoms with Gasteiger partial charge in [-0.15, -0.1) is 0 Å². The molecular formula is C12H11IN2O3. The van der Waals surface area contributed by atoms with Crippen LogP contribution in [0.4, 0.5) is 0 Å². The van der Waals surface area contributed by atoms with Crippen molar-refractivity contribution in [3.63, 3.8) is 0 Å². The average molecular weight is 358 g/mol. The number of hydrogen-bond donors (Lipinski definition) is 2. The molecule has 1 amide bonds. The zero-order chi connectivity index (χ0) is 13.7. The highest BCUT2D eigenvalue weighted by molar-refractivity contribution is 14.1. The summed E-state index contributed by atoms with van der Waals surface area (Å²) in [6, 6.07) is 4.88. The van der Waals surface area contributed by atoms with E-state index in [1.54, 1.807) is 25.1 Å². The fourth-order valence-corrected chi connectivity index (χ4v) is 1.89. The first-order valence-corrected chi connectivity index (χ1v) is 6.14. The molecular weight excluding hydrogens is 347 g/mol. The standard InChI is InChI=1S/C12H11IN2O3/c1-2-18-10-5-7(4-9(13)11(10)16)3-8(6-14)12(15)17/h3-5,16H,2H2,1H3,(H2,15,17)/b8-3+. The van der Waals surface area contributed by atoms with Crippen LogP contribution in [0.3, 0.4) is 0 Å². The molecule has 0 atom stereocenters. The minimum atomic E-state index is -0.793. The molecule has 1 aromatic rings. The summed E-state index contributed by atoms with van der Waals surface area (Å²) in [5.74, 6) is -0.455. The van der Waals surface area contributed by atoms with Gasteiger partial charge in [0.15, 0.2) is 11.5 Å². The molecule has 18 heavy (non-hydrogen) atoms. The number of ether oxygens (including phenoxy) is 1. The van der Waals surface area contributed by atoms with Crippen molar-refractivity contribution >= 4 is 34.6 Å². The lowest BCUT2D eigenvalue weighted by molar-refractivity contribution is -0.114. The van der Waals surface area contributed by atoms with Crippen molar-refractivity contribution in [1.82, 2.24) is 0 Å². The Labute approximate surface area is 118 Å². The Morgan fingerprint density at radius 2 is 2.33 bits per heavy atom. The van der Waals surface area contributed by atoms with E-state index in [2.05, 4.69) is 0 Å². The summed E-state index contributed by atoms with van der Waals surface area (Å²) in [4.78, 5) is 10.9. The highest BCUT2D eigenvalue weighted by atomic mass is 127. The number of phenols is 1. The van der Waals surface area contributed by atoms with Crippen molar-refractivity contribution in [2.24, 2.45) is 5.73 Å². The van der Waals surface area contributed by atoms with E-state index in [1.165, 1.54) is 6.08 Å². The highest BCUT2D eigenvalue weighted by Crippen LogP contribution is 2.33. The highest BCUT2D eigenvalue weighted by Gasteiger charge is 2.10. The monoisotopic (exact) mass is 358 g/mol. The molecule has 0 saturated carbocycles. The number of phenolic OH excluding ortho intramolecular Hbond substituents is 1. The van der Waals surface area contributed by atoms with E-state index in [0.717, 1.165) is 0 Å². The summed E-state index contributed by atoms with van der Waals surface area (Å²) in [7, 11) is 0. The van der Waals surface area contributed by atoms with E-state index in [1.807, 2.05) is 22.6 Å². The number of carbonyl (C=O) groups is 1. The van der Waals surface area contributed by atoms with Crippen LogP contribution in [0.1, 0.15) is 12.5 Å². The van der Waals surface area contributed by atoms with Gasteiger partial charge in [0.25, 0.3) is 5.91 Å². The second-order valence-corrected chi connectivity index (χ2v) is 4.48. The maximum Gasteiger partial charge on any atom is 0.259 e. The van der Waals surface area contributed by atoms with Gasteiger partial charge in [0, 0.05) is 0 Å². The fraction of sp³-hybridized carbons (Fsp3) is 0.167. The van der Waals surface area contributed by atoms with Crippen LogP contribution < -0.4 is 10.5 Å². The topological polar surface area (TPSA) is 96.3 Å². The molecule has 0 aliphatic carbocycles. The number of rotatable bonds is 4. The van der Waals surface area contributed by atoms with Gasteiger partial charge in [0.1, 0.15) is 11.6 Å². The Morgan fingerprint density at radius 1 is 1.67 bits per heavy atom. The summed E-state index contributed by atoms with van der Waals surface area (Å²) in [5.41, 5.74) is 5.46. The van der Waals surface area contributed by atoms with Gasteiger partial charge in [-0.25, -0.2) is 0 Å². The van der Waals surface area contributed by atoms with Crippen molar-refractivity contribution in [3.8, 4) is 17.6 Å². The fourth-order valence-electron chi connectivity index (χ4n) is 1.27. The van der Waals surface area contributed by atoms with Gasteiger partial charge in [-0.3, -0.25) is 4.79 Å². The van der Waals surface area contributed by atoms with Crippen molar-refractivity contribution in [2.45, 2.75) is 6.92 Å². The van der Waals surface area contributed by atoms with Gasteiger partial charge in [-0.2, -0.15) is 5.26 Å². The van der Waals surface area contributed by atoms with E-state index in [0.29, 0.717) is 21.5 Å². The third-order valence-electron chi connectivity index (χ3n) is 2.05. The zero-order valence-corrected chi connectivity index (χ0v) is 11.8. The summed E-state index contributed by atoms with van der Waals surface area (Å²) < 4.78 is 5.81. The summed E-state index contributed by atoms with van der Waals surface area (Å²) in [6.07, 6.45) is 1.35. The van der Waals surface area contributed by atoms with Crippen LogP contribution in [0.25, 0.3) is 6.08 Å². The largest absolute Gasteiger partial charge is 0.504 e. The van der Waals surface area contributed by atoms with Crippen LogP contribution in [0.2, 0.25) is 0 Å². The van der Waals surface area contributed by atoms with Gasteiger partial charge < -0.3 is 15.6 Å². The summed E-state index contributed by atoms with van der Waals surface area (Å²) in [6.45, 7) is 2.19. The maximum absolute atomic E-state index is 10.9. The SMILES string of the molecule is CCOc1cc(/C=C(\C#N)C(N)=O)cc(I)c1O. The maximum atomic E-state index is 10.9. The van der Waals surface area contributed by atoms with Gasteiger partial charge in [0.05, 0.1) is 10.2 Å². The van der Waals surface area contributed by atoms with Crippen molar-refractivity contribution in [3.05, 3.63) is 26.8 Å². The Kier molecular flexibility index (Phi) is 4.97. The number of nitrogens with zero attached hydrogens (tertiary/aromatic N) is 1. The average Bonchev–Trinajstić information content (AvgIpc) is 2.32. The lowest BCUT2D eigenvalue weighted by Gasteiger charge is -2.08. The molecule has 0 spiro atoms. The Morgan fingerprint density at radius 3 is 2.83 bits per heavy atom. The molecule has 0 bridgehead atoms. The summed E-state index contributed by atoms with van der Waals surface area (Å²) >= 11 is 1.93. The lowest BCUT2D eigenvalue weighted by atomic mass is 10.1. The molecule has 0 saturated heterocycles. The number of nitriles is 1. The van der Waals surface area contributed by atoms with E-state index in [-0.39, 0.29) is 11.3 Å². The predicted molar refractivity (Wildman–Crippen MR) is 74.8 cm³/mol. The van der Waals surface area contributed by atoms with Crippen LogP contribution in [0.5, 0.6) is 11.5 Å². The zero-order valence-electron chi connectivity index (χ0n) is 9.61. The molecule has 5 nitrogen and oxygen atoms in total. The number of primary amides is 1. The van der Waals surface area contributed by atoms with Gasteiger partial charge in [-0.1, -0.05) is 0 Å². The first-order chi connectivity index (χ1) is 8.49. The van der Waals surface area contributed by atoms with E-state index in [4.69, 9.17) is 15.7 Å². The molecule has 0 heterocycles. The van der Waals surface area contributed by atoms with Crippen molar-refractivity contribution in [2.75, 3.05) is 6.61 Å². The number of nitrogens with two attached hydrogens (primary N) is 1. The van der Waals surface area contributed by atoms with Crippen molar-refractivity contribution in [1.29, 1.82) is 5.26 Å². The van der Waals surface area contributed by atoms with Crippen LogP contribution in [0.15, 0.2) is 17.7 Å². The minimum Gasteiger partial charge on any atom is -0.504 e. The summed E-state index contributed by atoms with van der Waals surface area (Å²) in [5, 5.41) is 18.5.